The number of sulfonamides is 1. The summed E-state index contributed by atoms with van der Waals surface area (Å²) < 4.78 is 31.9. The number of aryl methyl sites for hydroxylation is 2. The molecule has 0 saturated carbocycles. The average molecular weight is 315 g/mol. The Kier molecular flexibility index (Phi) is 4.26. The van der Waals surface area contributed by atoms with Gasteiger partial charge in [-0.2, -0.15) is 4.98 Å². The Labute approximate surface area is 122 Å². The largest absolute Gasteiger partial charge is 0.339 e. The minimum absolute atomic E-state index is 0.0207. The molecular formula is C12H17N3O3S2. The topological polar surface area (TPSA) is 85.1 Å². The van der Waals surface area contributed by atoms with Crippen molar-refractivity contribution < 1.29 is 12.9 Å². The first-order valence-electron chi connectivity index (χ1n) is 6.19. The van der Waals surface area contributed by atoms with Gasteiger partial charge in [-0.1, -0.05) is 19.0 Å². The highest BCUT2D eigenvalue weighted by molar-refractivity contribution is 7.89. The standard InChI is InChI=1S/C12H17N3O3S2/c1-7(2)12-14-11(15-18-12)6-13-20(16,17)10-5-8(3)19-9(10)4/h5,7,13H,6H2,1-4H3. The van der Waals surface area contributed by atoms with Crippen LogP contribution in [-0.4, -0.2) is 18.6 Å². The van der Waals surface area contributed by atoms with Gasteiger partial charge in [0.1, 0.15) is 0 Å². The number of rotatable bonds is 5. The first-order chi connectivity index (χ1) is 9.29. The van der Waals surface area contributed by atoms with Gasteiger partial charge in [-0.25, -0.2) is 13.1 Å². The third-order valence-corrected chi connectivity index (χ3v) is 5.31. The summed E-state index contributed by atoms with van der Waals surface area (Å²) >= 11 is 1.46. The van der Waals surface area contributed by atoms with Crippen molar-refractivity contribution in [2.24, 2.45) is 0 Å². The van der Waals surface area contributed by atoms with Crippen LogP contribution >= 0.6 is 11.3 Å². The first kappa shape index (κ1) is 15.1. The van der Waals surface area contributed by atoms with Crippen LogP contribution in [0.3, 0.4) is 0 Å². The Hall–Kier alpha value is -1.25. The molecular weight excluding hydrogens is 298 g/mol. The zero-order valence-corrected chi connectivity index (χ0v) is 13.4. The molecule has 0 aliphatic heterocycles. The van der Waals surface area contributed by atoms with Gasteiger partial charge < -0.3 is 4.52 Å². The first-order valence-corrected chi connectivity index (χ1v) is 8.48. The van der Waals surface area contributed by atoms with Crippen LogP contribution in [0.2, 0.25) is 0 Å². The minimum atomic E-state index is -3.54. The maximum absolute atomic E-state index is 12.2. The highest BCUT2D eigenvalue weighted by atomic mass is 32.2. The second kappa shape index (κ2) is 5.63. The van der Waals surface area contributed by atoms with Gasteiger partial charge in [-0.3, -0.25) is 0 Å². The summed E-state index contributed by atoms with van der Waals surface area (Å²) in [5.41, 5.74) is 0. The van der Waals surface area contributed by atoms with E-state index in [0.29, 0.717) is 16.6 Å². The lowest BCUT2D eigenvalue weighted by molar-refractivity contribution is 0.360. The SMILES string of the molecule is Cc1cc(S(=O)(=O)NCc2noc(C(C)C)n2)c(C)s1. The fourth-order valence-electron chi connectivity index (χ4n) is 1.69. The molecule has 1 N–H and O–H groups in total. The van der Waals surface area contributed by atoms with Crippen molar-refractivity contribution in [2.45, 2.75) is 45.1 Å². The van der Waals surface area contributed by atoms with E-state index < -0.39 is 10.0 Å². The molecule has 8 heteroatoms. The molecule has 0 aliphatic carbocycles. The van der Waals surface area contributed by atoms with Gasteiger partial charge in [0.25, 0.3) is 0 Å². The summed E-state index contributed by atoms with van der Waals surface area (Å²) in [5, 5.41) is 3.75. The molecule has 0 unspecified atom stereocenters. The predicted molar refractivity (Wildman–Crippen MR) is 76.2 cm³/mol. The van der Waals surface area contributed by atoms with Crippen molar-refractivity contribution in [1.29, 1.82) is 0 Å². The fraction of sp³-hybridized carbons (Fsp3) is 0.500. The van der Waals surface area contributed by atoms with Gasteiger partial charge >= 0.3 is 0 Å². The molecule has 2 heterocycles. The van der Waals surface area contributed by atoms with E-state index >= 15 is 0 Å². The molecule has 0 amide bonds. The number of hydrogen-bond acceptors (Lipinski definition) is 6. The Morgan fingerprint density at radius 1 is 1.40 bits per heavy atom. The van der Waals surface area contributed by atoms with E-state index in [4.69, 9.17) is 4.52 Å². The summed E-state index contributed by atoms with van der Waals surface area (Å²) in [5.74, 6) is 0.957. The van der Waals surface area contributed by atoms with E-state index in [2.05, 4.69) is 14.9 Å². The van der Waals surface area contributed by atoms with E-state index in [1.54, 1.807) is 13.0 Å². The van der Waals surface area contributed by atoms with Crippen molar-refractivity contribution in [1.82, 2.24) is 14.9 Å². The molecule has 2 aromatic rings. The molecule has 0 atom stereocenters. The normalized spacial score (nSPS) is 12.2. The van der Waals surface area contributed by atoms with E-state index in [1.807, 2.05) is 20.8 Å². The number of nitrogens with one attached hydrogen (secondary N) is 1. The van der Waals surface area contributed by atoms with Gasteiger partial charge in [-0.05, 0) is 19.9 Å². The molecule has 0 saturated heterocycles. The van der Waals surface area contributed by atoms with Crippen LogP contribution in [0.1, 0.15) is 41.2 Å². The number of aromatic nitrogens is 2. The summed E-state index contributed by atoms with van der Waals surface area (Å²) in [4.78, 5) is 6.18. The van der Waals surface area contributed by atoms with Crippen molar-refractivity contribution in [3.8, 4) is 0 Å². The number of thiophene rings is 1. The Bertz CT molecular complexity index is 701. The number of nitrogens with zero attached hydrogens (tertiary/aromatic N) is 2. The van der Waals surface area contributed by atoms with Crippen molar-refractivity contribution in [3.05, 3.63) is 27.5 Å². The van der Waals surface area contributed by atoms with Gasteiger partial charge in [0.15, 0.2) is 5.82 Å². The van der Waals surface area contributed by atoms with Gasteiger partial charge in [0.05, 0.1) is 11.4 Å². The Morgan fingerprint density at radius 2 is 2.10 bits per heavy atom. The van der Waals surface area contributed by atoms with Crippen LogP contribution in [0.25, 0.3) is 0 Å². The molecule has 0 spiro atoms. The molecule has 20 heavy (non-hydrogen) atoms. The van der Waals surface area contributed by atoms with Gasteiger partial charge in [0.2, 0.25) is 15.9 Å². The lowest BCUT2D eigenvalue weighted by Crippen LogP contribution is -2.24. The maximum Gasteiger partial charge on any atom is 0.242 e. The van der Waals surface area contributed by atoms with Gasteiger partial charge in [0, 0.05) is 15.7 Å². The number of hydrogen-bond donors (Lipinski definition) is 1. The van der Waals surface area contributed by atoms with Crippen LogP contribution in [0, 0.1) is 13.8 Å². The monoisotopic (exact) mass is 315 g/mol. The third kappa shape index (κ3) is 3.25. The maximum atomic E-state index is 12.2. The molecule has 0 bridgehead atoms. The zero-order valence-electron chi connectivity index (χ0n) is 11.8. The lowest BCUT2D eigenvalue weighted by Gasteiger charge is -2.03. The lowest BCUT2D eigenvalue weighted by atomic mass is 10.2. The smallest absolute Gasteiger partial charge is 0.242 e. The molecule has 2 aromatic heterocycles. The highest BCUT2D eigenvalue weighted by Gasteiger charge is 2.20. The van der Waals surface area contributed by atoms with Crippen molar-refractivity contribution >= 4 is 21.4 Å². The summed E-state index contributed by atoms with van der Waals surface area (Å²) in [6.07, 6.45) is 0. The van der Waals surface area contributed by atoms with E-state index in [1.165, 1.54) is 11.3 Å². The molecule has 0 radical (unpaired) electrons. The zero-order chi connectivity index (χ0) is 14.9. The minimum Gasteiger partial charge on any atom is -0.339 e. The second-order valence-corrected chi connectivity index (χ2v) is 8.00. The molecule has 0 aliphatic rings. The highest BCUT2D eigenvalue weighted by Crippen LogP contribution is 2.24. The van der Waals surface area contributed by atoms with Crippen LogP contribution in [0.4, 0.5) is 0 Å². The van der Waals surface area contributed by atoms with Crippen molar-refractivity contribution in [2.75, 3.05) is 0 Å². The van der Waals surface area contributed by atoms with Crippen LogP contribution < -0.4 is 4.72 Å². The molecule has 0 fully saturated rings. The van der Waals surface area contributed by atoms with E-state index in [9.17, 15) is 8.42 Å². The van der Waals surface area contributed by atoms with Crippen LogP contribution in [-0.2, 0) is 16.6 Å². The second-order valence-electron chi connectivity index (χ2n) is 4.81. The van der Waals surface area contributed by atoms with Crippen LogP contribution in [0.15, 0.2) is 15.5 Å². The molecule has 6 nitrogen and oxygen atoms in total. The quantitative estimate of drug-likeness (QED) is 0.915. The molecule has 0 aromatic carbocycles. The summed E-state index contributed by atoms with van der Waals surface area (Å²) in [6.45, 7) is 7.55. The van der Waals surface area contributed by atoms with Gasteiger partial charge in [-0.15, -0.1) is 11.3 Å². The summed E-state index contributed by atoms with van der Waals surface area (Å²) in [7, 11) is -3.54. The Balaban J connectivity index is 2.11. The summed E-state index contributed by atoms with van der Waals surface area (Å²) in [6, 6.07) is 1.66. The van der Waals surface area contributed by atoms with Crippen LogP contribution in [0.5, 0.6) is 0 Å². The fourth-order valence-corrected chi connectivity index (χ4v) is 4.22. The predicted octanol–water partition coefficient (Wildman–Crippen LogP) is 2.35. The Morgan fingerprint density at radius 3 is 2.60 bits per heavy atom. The van der Waals surface area contributed by atoms with E-state index in [-0.39, 0.29) is 12.5 Å². The molecule has 110 valence electrons. The average Bonchev–Trinajstić information content (AvgIpc) is 2.93. The third-order valence-electron chi connectivity index (χ3n) is 2.68. The molecule has 2 rings (SSSR count). The van der Waals surface area contributed by atoms with Crippen molar-refractivity contribution in [3.63, 3.8) is 0 Å². The van der Waals surface area contributed by atoms with E-state index in [0.717, 1.165) is 9.75 Å².